The third-order valence-corrected chi connectivity index (χ3v) is 2.04. The highest BCUT2D eigenvalue weighted by molar-refractivity contribution is 6.04. The zero-order valence-corrected chi connectivity index (χ0v) is 7.21. The molecule has 1 fully saturated rings. The molecule has 0 spiro atoms. The second-order valence-corrected chi connectivity index (χ2v) is 2.97. The Bertz CT molecular complexity index is 243. The molecule has 0 heterocycles. The van der Waals surface area contributed by atoms with Crippen molar-refractivity contribution in [3.05, 3.63) is 12.2 Å². The van der Waals surface area contributed by atoms with Crippen molar-refractivity contribution in [2.75, 3.05) is 6.54 Å². The van der Waals surface area contributed by atoms with Crippen molar-refractivity contribution >= 4 is 11.7 Å². The van der Waals surface area contributed by atoms with Gasteiger partial charge in [-0.3, -0.25) is 9.79 Å². The van der Waals surface area contributed by atoms with Crippen LogP contribution in [0.2, 0.25) is 0 Å². The van der Waals surface area contributed by atoms with Crippen LogP contribution in [0.4, 0.5) is 0 Å². The van der Waals surface area contributed by atoms with E-state index in [-0.39, 0.29) is 5.92 Å². The number of carbonyl (C=O) groups is 1. The molecule has 0 saturated heterocycles. The average Bonchev–Trinajstić information content (AvgIpc) is 2.34. The van der Waals surface area contributed by atoms with E-state index >= 15 is 0 Å². The number of aliphatic imine (C=N–C) groups is 1. The number of aliphatic carboxylic acids is 1. The van der Waals surface area contributed by atoms with Crippen LogP contribution in [0.1, 0.15) is 19.8 Å². The molecule has 1 saturated carbocycles. The van der Waals surface area contributed by atoms with Crippen molar-refractivity contribution in [2.24, 2.45) is 10.9 Å². The number of hydrogen-bond acceptors (Lipinski definition) is 2. The summed E-state index contributed by atoms with van der Waals surface area (Å²) in [6.07, 6.45) is 1.12. The van der Waals surface area contributed by atoms with Gasteiger partial charge < -0.3 is 5.11 Å². The average molecular weight is 167 g/mol. The number of carboxylic acids is 1. The summed E-state index contributed by atoms with van der Waals surface area (Å²) in [5, 5.41) is 8.72. The largest absolute Gasteiger partial charge is 0.481 e. The third-order valence-electron chi connectivity index (χ3n) is 2.04. The highest BCUT2D eigenvalue weighted by atomic mass is 16.4. The molecule has 66 valence electrons. The lowest BCUT2D eigenvalue weighted by Crippen LogP contribution is -2.09. The molecule has 0 radical (unpaired) electrons. The van der Waals surface area contributed by atoms with Crippen LogP contribution in [0.5, 0.6) is 0 Å². The van der Waals surface area contributed by atoms with Gasteiger partial charge in [-0.2, -0.15) is 0 Å². The van der Waals surface area contributed by atoms with E-state index in [1.807, 2.05) is 6.92 Å². The summed E-state index contributed by atoms with van der Waals surface area (Å²) in [6.45, 7) is 6.44. The first kappa shape index (κ1) is 8.97. The van der Waals surface area contributed by atoms with Crippen molar-refractivity contribution in [3.63, 3.8) is 0 Å². The standard InChI is InChI=1S/C9H13NO2/c1-3-10-8-5-7(9(11)12)4-6(8)2/h7H,2-5H2,1H3,(H,11,12)/t7-/m0/s1. The SMILES string of the molecule is C=C1C[C@H](C(=O)O)CC1=NCC. The van der Waals surface area contributed by atoms with Crippen LogP contribution in [0, 0.1) is 5.92 Å². The van der Waals surface area contributed by atoms with Crippen LogP contribution in [0.3, 0.4) is 0 Å². The van der Waals surface area contributed by atoms with Gasteiger partial charge in [-0.25, -0.2) is 0 Å². The summed E-state index contributed by atoms with van der Waals surface area (Å²) in [5.41, 5.74) is 1.79. The predicted octanol–water partition coefficient (Wildman–Crippen LogP) is 1.50. The summed E-state index contributed by atoms with van der Waals surface area (Å²) in [7, 11) is 0. The maximum absolute atomic E-state index is 10.6. The number of rotatable bonds is 2. The van der Waals surface area contributed by atoms with E-state index < -0.39 is 5.97 Å². The van der Waals surface area contributed by atoms with Gasteiger partial charge in [0.05, 0.1) is 5.92 Å². The summed E-state index contributed by atoms with van der Waals surface area (Å²) in [6, 6.07) is 0. The molecule has 12 heavy (non-hydrogen) atoms. The van der Waals surface area contributed by atoms with Gasteiger partial charge in [-0.05, 0) is 18.9 Å². The fourth-order valence-electron chi connectivity index (χ4n) is 1.41. The Hall–Kier alpha value is -1.12. The molecule has 0 aromatic carbocycles. The first-order chi connectivity index (χ1) is 5.65. The quantitative estimate of drug-likeness (QED) is 0.677. The van der Waals surface area contributed by atoms with Crippen LogP contribution in [-0.2, 0) is 4.79 Å². The maximum atomic E-state index is 10.6. The molecule has 1 rings (SSSR count). The fourth-order valence-corrected chi connectivity index (χ4v) is 1.41. The van der Waals surface area contributed by atoms with Crippen LogP contribution >= 0.6 is 0 Å². The van der Waals surface area contributed by atoms with Gasteiger partial charge in [0, 0.05) is 18.7 Å². The van der Waals surface area contributed by atoms with Crippen molar-refractivity contribution in [1.82, 2.24) is 0 Å². The molecular formula is C9H13NO2. The minimum absolute atomic E-state index is 0.289. The topological polar surface area (TPSA) is 49.7 Å². The van der Waals surface area contributed by atoms with Crippen LogP contribution in [0.25, 0.3) is 0 Å². The lowest BCUT2D eigenvalue weighted by atomic mass is 10.1. The van der Waals surface area contributed by atoms with Gasteiger partial charge in [-0.1, -0.05) is 6.58 Å². The Morgan fingerprint density at radius 2 is 2.42 bits per heavy atom. The normalized spacial score (nSPS) is 26.6. The van der Waals surface area contributed by atoms with Gasteiger partial charge in [0.1, 0.15) is 0 Å². The van der Waals surface area contributed by atoms with E-state index in [0.29, 0.717) is 19.4 Å². The zero-order valence-electron chi connectivity index (χ0n) is 7.21. The van der Waals surface area contributed by atoms with E-state index in [4.69, 9.17) is 5.11 Å². The van der Waals surface area contributed by atoms with Crippen LogP contribution < -0.4 is 0 Å². The van der Waals surface area contributed by atoms with Gasteiger partial charge in [0.25, 0.3) is 0 Å². The second-order valence-electron chi connectivity index (χ2n) is 2.97. The van der Waals surface area contributed by atoms with E-state index in [1.54, 1.807) is 0 Å². The summed E-state index contributed by atoms with van der Waals surface area (Å²) >= 11 is 0. The lowest BCUT2D eigenvalue weighted by molar-refractivity contribution is -0.141. The minimum Gasteiger partial charge on any atom is -0.481 e. The second kappa shape index (κ2) is 3.52. The zero-order chi connectivity index (χ0) is 9.14. The molecule has 1 aliphatic rings. The van der Waals surface area contributed by atoms with Crippen molar-refractivity contribution in [2.45, 2.75) is 19.8 Å². The smallest absolute Gasteiger partial charge is 0.307 e. The van der Waals surface area contributed by atoms with E-state index in [1.165, 1.54) is 0 Å². The lowest BCUT2D eigenvalue weighted by Gasteiger charge is -1.97. The first-order valence-electron chi connectivity index (χ1n) is 4.09. The molecule has 0 amide bonds. The summed E-state index contributed by atoms with van der Waals surface area (Å²) < 4.78 is 0. The molecule has 0 aromatic rings. The molecule has 3 heteroatoms. The highest BCUT2D eigenvalue weighted by Gasteiger charge is 2.28. The molecule has 1 aliphatic carbocycles. The number of allylic oxidation sites excluding steroid dienone is 1. The van der Waals surface area contributed by atoms with E-state index in [9.17, 15) is 4.79 Å². The number of hydrogen-bond donors (Lipinski definition) is 1. The van der Waals surface area contributed by atoms with Crippen molar-refractivity contribution in [3.8, 4) is 0 Å². The highest BCUT2D eigenvalue weighted by Crippen LogP contribution is 2.27. The Morgan fingerprint density at radius 3 is 2.83 bits per heavy atom. The molecular weight excluding hydrogens is 154 g/mol. The van der Waals surface area contributed by atoms with E-state index in [2.05, 4.69) is 11.6 Å². The summed E-state index contributed by atoms with van der Waals surface area (Å²) in [4.78, 5) is 14.8. The Kier molecular flexibility index (Phi) is 2.63. The molecule has 0 aromatic heterocycles. The van der Waals surface area contributed by atoms with Gasteiger partial charge in [-0.15, -0.1) is 0 Å². The van der Waals surface area contributed by atoms with Crippen LogP contribution in [0.15, 0.2) is 17.1 Å². The predicted molar refractivity (Wildman–Crippen MR) is 47.5 cm³/mol. The Morgan fingerprint density at radius 1 is 1.75 bits per heavy atom. The Labute approximate surface area is 71.8 Å². The fraction of sp³-hybridized carbons (Fsp3) is 0.556. The van der Waals surface area contributed by atoms with Crippen molar-refractivity contribution < 1.29 is 9.90 Å². The molecule has 1 N–H and O–H groups in total. The monoisotopic (exact) mass is 167 g/mol. The maximum Gasteiger partial charge on any atom is 0.307 e. The minimum atomic E-state index is -0.738. The molecule has 0 unspecified atom stereocenters. The number of carboxylic acid groups (broad SMARTS) is 1. The summed E-state index contributed by atoms with van der Waals surface area (Å²) in [5.74, 6) is -1.03. The molecule has 0 aliphatic heterocycles. The van der Waals surface area contributed by atoms with Crippen LogP contribution in [-0.4, -0.2) is 23.3 Å². The molecule has 0 bridgehead atoms. The van der Waals surface area contributed by atoms with Gasteiger partial charge in [0.15, 0.2) is 0 Å². The number of nitrogens with zero attached hydrogens (tertiary/aromatic N) is 1. The van der Waals surface area contributed by atoms with Gasteiger partial charge >= 0.3 is 5.97 Å². The van der Waals surface area contributed by atoms with Crippen molar-refractivity contribution in [1.29, 1.82) is 0 Å². The first-order valence-corrected chi connectivity index (χ1v) is 4.09. The molecule has 3 nitrogen and oxygen atoms in total. The third kappa shape index (κ3) is 1.72. The Balaban J connectivity index is 2.68. The molecule has 1 atom stereocenters. The van der Waals surface area contributed by atoms with Gasteiger partial charge in [0.2, 0.25) is 0 Å². The van der Waals surface area contributed by atoms with E-state index in [0.717, 1.165) is 11.3 Å².